The third-order valence-corrected chi connectivity index (χ3v) is 4.53. The van der Waals surface area contributed by atoms with Gasteiger partial charge in [0.1, 0.15) is 17.9 Å². The lowest BCUT2D eigenvalue weighted by atomic mass is 10.1. The Morgan fingerprint density at radius 2 is 2.03 bits per heavy atom. The van der Waals surface area contributed by atoms with Crippen molar-refractivity contribution in [3.8, 4) is 11.6 Å². The third-order valence-electron chi connectivity index (χ3n) is 4.53. The van der Waals surface area contributed by atoms with E-state index in [2.05, 4.69) is 27.5 Å². The number of alkyl halides is 2. The molecule has 2 N–H and O–H groups in total. The SMILES string of the molecule is C\C=C(/C=C\C=C(\F)C(F)F)NCN(C)c1ccc(Oc2cc(NC)ncn2)cc1CC. The van der Waals surface area contributed by atoms with Crippen molar-refractivity contribution in [1.82, 2.24) is 15.3 Å². The topological polar surface area (TPSA) is 62.3 Å². The second kappa shape index (κ2) is 12.4. The molecule has 6 nitrogen and oxygen atoms in total. The van der Waals surface area contributed by atoms with Gasteiger partial charge in [-0.3, -0.25) is 0 Å². The van der Waals surface area contributed by atoms with Crippen LogP contribution in [0.5, 0.6) is 11.6 Å². The largest absolute Gasteiger partial charge is 0.439 e. The number of rotatable bonds is 11. The minimum Gasteiger partial charge on any atom is -0.439 e. The summed E-state index contributed by atoms with van der Waals surface area (Å²) in [5, 5.41) is 6.14. The first-order valence-electron chi connectivity index (χ1n) is 10.1. The predicted octanol–water partition coefficient (Wildman–Crippen LogP) is 5.43. The Bertz CT molecular complexity index is 976. The molecule has 172 valence electrons. The van der Waals surface area contributed by atoms with E-state index in [4.69, 9.17) is 4.74 Å². The van der Waals surface area contributed by atoms with Crippen molar-refractivity contribution < 1.29 is 17.9 Å². The molecular weight excluding hydrogens is 419 g/mol. The van der Waals surface area contributed by atoms with Gasteiger partial charge in [-0.15, -0.1) is 0 Å². The zero-order chi connectivity index (χ0) is 23.5. The summed E-state index contributed by atoms with van der Waals surface area (Å²) < 4.78 is 43.2. The number of hydrogen-bond donors (Lipinski definition) is 2. The standard InChI is InChI=1S/C23H28F3N5O/c1-5-16-12-18(32-22-13-21(27-3)28-14-29-22)10-11-20(16)31(4)15-30-17(6-2)8-7-9-19(24)23(25)26/h6-14,23,30H,5,15H2,1-4H3,(H,27,28,29)/b8-7-,17-6+,19-9+. The molecule has 0 fully saturated rings. The van der Waals surface area contributed by atoms with Crippen molar-refractivity contribution in [2.75, 3.05) is 31.0 Å². The molecule has 0 bridgehead atoms. The molecule has 0 amide bonds. The summed E-state index contributed by atoms with van der Waals surface area (Å²) in [6.07, 6.45) is 4.43. The molecule has 2 rings (SSSR count). The van der Waals surface area contributed by atoms with E-state index in [1.165, 1.54) is 18.5 Å². The van der Waals surface area contributed by atoms with E-state index >= 15 is 0 Å². The van der Waals surface area contributed by atoms with E-state index in [9.17, 15) is 13.2 Å². The molecule has 1 aromatic carbocycles. The summed E-state index contributed by atoms with van der Waals surface area (Å²) >= 11 is 0. The highest BCUT2D eigenvalue weighted by atomic mass is 19.3. The average molecular weight is 448 g/mol. The summed E-state index contributed by atoms with van der Waals surface area (Å²) in [6, 6.07) is 7.49. The normalized spacial score (nSPS) is 12.4. The summed E-state index contributed by atoms with van der Waals surface area (Å²) in [5.74, 6) is 0.302. The minimum atomic E-state index is -3.10. The van der Waals surface area contributed by atoms with E-state index in [-0.39, 0.29) is 0 Å². The molecule has 0 saturated carbocycles. The van der Waals surface area contributed by atoms with Crippen LogP contribution in [0.4, 0.5) is 24.7 Å². The average Bonchev–Trinajstić information content (AvgIpc) is 2.80. The van der Waals surface area contributed by atoms with Crippen molar-refractivity contribution in [1.29, 1.82) is 0 Å². The van der Waals surface area contributed by atoms with Gasteiger partial charge in [-0.05, 0) is 49.3 Å². The molecule has 0 radical (unpaired) electrons. The first kappa shape index (κ1) is 24.8. The summed E-state index contributed by atoms with van der Waals surface area (Å²) in [7, 11) is 3.70. The molecule has 0 aliphatic carbocycles. The van der Waals surface area contributed by atoms with E-state index in [0.717, 1.165) is 23.7 Å². The highest BCUT2D eigenvalue weighted by Gasteiger charge is 2.10. The van der Waals surface area contributed by atoms with Gasteiger partial charge in [-0.1, -0.05) is 19.1 Å². The Hall–Kier alpha value is -3.49. The Balaban J connectivity index is 2.05. The smallest absolute Gasteiger partial charge is 0.289 e. The lowest BCUT2D eigenvalue weighted by Gasteiger charge is -2.24. The third kappa shape index (κ3) is 7.33. The first-order valence-corrected chi connectivity index (χ1v) is 10.1. The van der Waals surface area contributed by atoms with Crippen LogP contribution in [0.25, 0.3) is 0 Å². The molecule has 0 aliphatic heterocycles. The van der Waals surface area contributed by atoms with Crippen LogP contribution in [-0.4, -0.2) is 37.2 Å². The Labute approximate surface area is 186 Å². The Morgan fingerprint density at radius 3 is 2.69 bits per heavy atom. The number of nitrogens with zero attached hydrogens (tertiary/aromatic N) is 3. The van der Waals surface area contributed by atoms with E-state index in [1.807, 2.05) is 30.1 Å². The molecule has 0 atom stereocenters. The van der Waals surface area contributed by atoms with Crippen LogP contribution >= 0.6 is 0 Å². The quantitative estimate of drug-likeness (QED) is 0.354. The predicted molar refractivity (Wildman–Crippen MR) is 122 cm³/mol. The Morgan fingerprint density at radius 1 is 1.25 bits per heavy atom. The number of anilines is 2. The summed E-state index contributed by atoms with van der Waals surface area (Å²) in [4.78, 5) is 10.2. The number of nitrogens with one attached hydrogen (secondary N) is 2. The fraction of sp³-hybridized carbons (Fsp3) is 0.304. The Kier molecular flexibility index (Phi) is 9.59. The van der Waals surface area contributed by atoms with Crippen molar-refractivity contribution in [2.24, 2.45) is 0 Å². The highest BCUT2D eigenvalue weighted by Crippen LogP contribution is 2.28. The van der Waals surface area contributed by atoms with Crippen molar-refractivity contribution >= 4 is 11.5 Å². The van der Waals surface area contributed by atoms with Crippen LogP contribution in [0, 0.1) is 0 Å². The molecule has 0 aliphatic rings. The number of halogens is 3. The molecule has 2 aromatic rings. The zero-order valence-corrected chi connectivity index (χ0v) is 18.6. The van der Waals surface area contributed by atoms with Gasteiger partial charge in [0.15, 0.2) is 5.83 Å². The molecular formula is C23H28F3N5O. The number of aryl methyl sites for hydroxylation is 1. The lowest BCUT2D eigenvalue weighted by Crippen LogP contribution is -2.30. The van der Waals surface area contributed by atoms with E-state index in [0.29, 0.717) is 29.8 Å². The molecule has 0 spiro atoms. The van der Waals surface area contributed by atoms with Crippen LogP contribution < -0.4 is 20.3 Å². The molecule has 0 saturated heterocycles. The maximum absolute atomic E-state index is 12.9. The highest BCUT2D eigenvalue weighted by molar-refractivity contribution is 5.56. The number of allylic oxidation sites excluding steroid dienone is 5. The van der Waals surface area contributed by atoms with Crippen LogP contribution in [0.2, 0.25) is 0 Å². The number of benzene rings is 1. The molecule has 9 heteroatoms. The summed E-state index contributed by atoms with van der Waals surface area (Å²) in [6.45, 7) is 4.31. The number of hydrogen-bond acceptors (Lipinski definition) is 6. The van der Waals surface area contributed by atoms with Gasteiger partial charge < -0.3 is 20.3 Å². The van der Waals surface area contributed by atoms with E-state index < -0.39 is 12.3 Å². The van der Waals surface area contributed by atoms with Gasteiger partial charge in [-0.25, -0.2) is 23.1 Å². The van der Waals surface area contributed by atoms with Crippen molar-refractivity contribution in [3.63, 3.8) is 0 Å². The minimum absolute atomic E-state index is 0.441. The lowest BCUT2D eigenvalue weighted by molar-refractivity contribution is 0.159. The molecule has 0 unspecified atom stereocenters. The van der Waals surface area contributed by atoms with Gasteiger partial charge >= 0.3 is 0 Å². The van der Waals surface area contributed by atoms with Crippen LogP contribution in [0.1, 0.15) is 19.4 Å². The monoisotopic (exact) mass is 447 g/mol. The molecule has 1 heterocycles. The van der Waals surface area contributed by atoms with Crippen LogP contribution in [0.3, 0.4) is 0 Å². The maximum atomic E-state index is 12.9. The van der Waals surface area contributed by atoms with E-state index in [1.54, 1.807) is 26.1 Å². The number of aromatic nitrogens is 2. The second-order valence-electron chi connectivity index (χ2n) is 6.73. The summed E-state index contributed by atoms with van der Waals surface area (Å²) in [5.41, 5.74) is 2.76. The fourth-order valence-corrected chi connectivity index (χ4v) is 2.80. The van der Waals surface area contributed by atoms with Gasteiger partial charge in [0, 0.05) is 31.5 Å². The number of ether oxygens (including phenoxy) is 1. The second-order valence-corrected chi connectivity index (χ2v) is 6.73. The fourth-order valence-electron chi connectivity index (χ4n) is 2.80. The van der Waals surface area contributed by atoms with Crippen LogP contribution in [0.15, 0.2) is 66.4 Å². The van der Waals surface area contributed by atoms with Gasteiger partial charge in [0.2, 0.25) is 5.88 Å². The maximum Gasteiger partial charge on any atom is 0.289 e. The van der Waals surface area contributed by atoms with Gasteiger partial charge in [0.25, 0.3) is 6.43 Å². The molecule has 32 heavy (non-hydrogen) atoms. The van der Waals surface area contributed by atoms with Crippen molar-refractivity contribution in [2.45, 2.75) is 26.7 Å². The van der Waals surface area contributed by atoms with Gasteiger partial charge in [-0.2, -0.15) is 0 Å². The van der Waals surface area contributed by atoms with Crippen LogP contribution in [-0.2, 0) is 6.42 Å². The van der Waals surface area contributed by atoms with Gasteiger partial charge in [0.05, 0.1) is 6.67 Å². The zero-order valence-electron chi connectivity index (χ0n) is 18.6. The first-order chi connectivity index (χ1) is 15.4. The molecule has 1 aromatic heterocycles. The van der Waals surface area contributed by atoms with Crippen molar-refractivity contribution in [3.05, 3.63) is 72.0 Å².